The Balaban J connectivity index is 2.39. The summed E-state index contributed by atoms with van der Waals surface area (Å²) in [6.07, 6.45) is -0.581. The lowest BCUT2D eigenvalue weighted by Crippen LogP contribution is -1.99. The summed E-state index contributed by atoms with van der Waals surface area (Å²) in [7, 11) is 0. The minimum absolute atomic E-state index is 0.581. The van der Waals surface area contributed by atoms with Crippen LogP contribution >= 0.6 is 38.9 Å². The molecule has 1 atom stereocenters. The Morgan fingerprint density at radius 2 is 2.00 bits per heavy atom. The van der Waals surface area contributed by atoms with E-state index in [9.17, 15) is 5.11 Å². The van der Waals surface area contributed by atoms with E-state index in [-0.39, 0.29) is 0 Å². The van der Waals surface area contributed by atoms with E-state index in [0.29, 0.717) is 5.02 Å². The van der Waals surface area contributed by atoms with Crippen LogP contribution in [0.1, 0.15) is 27.0 Å². The summed E-state index contributed by atoms with van der Waals surface area (Å²) in [5.74, 6) is 0. The van der Waals surface area contributed by atoms with Crippen LogP contribution < -0.4 is 0 Å². The normalized spacial score (nSPS) is 12.8. The molecule has 90 valence electrons. The number of rotatable bonds is 2. The average molecular weight is 332 g/mol. The molecule has 17 heavy (non-hydrogen) atoms. The van der Waals surface area contributed by atoms with Crippen LogP contribution in [0.3, 0.4) is 0 Å². The molecule has 0 fully saturated rings. The highest BCUT2D eigenvalue weighted by molar-refractivity contribution is 9.10. The zero-order valence-electron chi connectivity index (χ0n) is 9.50. The number of hydrogen-bond acceptors (Lipinski definition) is 2. The van der Waals surface area contributed by atoms with Gasteiger partial charge >= 0.3 is 0 Å². The molecule has 0 bridgehead atoms. The Labute approximate surface area is 118 Å². The van der Waals surface area contributed by atoms with E-state index in [4.69, 9.17) is 11.6 Å². The molecule has 0 saturated carbocycles. The Hall–Kier alpha value is -0.350. The Kier molecular flexibility index (Phi) is 3.93. The molecule has 0 radical (unpaired) electrons. The summed E-state index contributed by atoms with van der Waals surface area (Å²) in [6.45, 7) is 3.99. The van der Waals surface area contributed by atoms with Gasteiger partial charge in [0.1, 0.15) is 6.10 Å². The molecule has 2 aromatic rings. The van der Waals surface area contributed by atoms with Crippen molar-refractivity contribution in [2.75, 3.05) is 0 Å². The lowest BCUT2D eigenvalue weighted by molar-refractivity contribution is 0.223. The molecule has 0 spiro atoms. The third kappa shape index (κ3) is 2.74. The topological polar surface area (TPSA) is 20.2 Å². The third-order valence-corrected chi connectivity index (χ3v) is 5.10. The summed E-state index contributed by atoms with van der Waals surface area (Å²) in [5.41, 5.74) is 1.91. The second-order valence-electron chi connectivity index (χ2n) is 3.96. The smallest absolute Gasteiger partial charge is 0.113 e. The maximum Gasteiger partial charge on any atom is 0.113 e. The highest BCUT2D eigenvalue weighted by Gasteiger charge is 2.16. The molecule has 1 unspecified atom stereocenters. The molecule has 2 rings (SSSR count). The summed E-state index contributed by atoms with van der Waals surface area (Å²) in [6, 6.07) is 7.53. The lowest BCUT2D eigenvalue weighted by atomic mass is 10.0. The van der Waals surface area contributed by atoms with Crippen molar-refractivity contribution in [1.29, 1.82) is 0 Å². The molecule has 0 aliphatic carbocycles. The van der Waals surface area contributed by atoms with Gasteiger partial charge in [0.2, 0.25) is 0 Å². The van der Waals surface area contributed by atoms with Crippen LogP contribution in [0.15, 0.2) is 28.7 Å². The van der Waals surface area contributed by atoms with Gasteiger partial charge in [-0.25, -0.2) is 0 Å². The maximum atomic E-state index is 10.3. The Morgan fingerprint density at radius 3 is 2.53 bits per heavy atom. The Bertz CT molecular complexity index is 531. The van der Waals surface area contributed by atoms with Crippen LogP contribution in [0.4, 0.5) is 0 Å². The van der Waals surface area contributed by atoms with Crippen molar-refractivity contribution in [3.05, 3.63) is 54.6 Å². The third-order valence-electron chi connectivity index (χ3n) is 2.67. The van der Waals surface area contributed by atoms with Gasteiger partial charge in [-0.15, -0.1) is 11.3 Å². The molecule has 1 heterocycles. The first kappa shape index (κ1) is 13.1. The number of benzene rings is 1. The minimum atomic E-state index is -0.581. The van der Waals surface area contributed by atoms with Crippen LogP contribution in [0.2, 0.25) is 5.02 Å². The second-order valence-corrected chi connectivity index (χ2v) is 6.54. The van der Waals surface area contributed by atoms with Crippen molar-refractivity contribution in [2.24, 2.45) is 0 Å². The largest absolute Gasteiger partial charge is 0.383 e. The number of thiophene rings is 1. The van der Waals surface area contributed by atoms with Crippen LogP contribution in [0, 0.1) is 13.8 Å². The highest BCUT2D eigenvalue weighted by atomic mass is 79.9. The summed E-state index contributed by atoms with van der Waals surface area (Å²) in [4.78, 5) is 2.12. The van der Waals surface area contributed by atoms with Crippen molar-refractivity contribution in [3.63, 3.8) is 0 Å². The SMILES string of the molecule is Cc1cc(Cl)ccc1C(O)c1cc(Br)c(C)s1. The van der Waals surface area contributed by atoms with Crippen molar-refractivity contribution in [2.45, 2.75) is 20.0 Å². The standard InChI is InChI=1S/C13H12BrClOS/c1-7-5-9(15)3-4-10(7)13(16)12-6-11(14)8(2)17-12/h3-6,13,16H,1-2H3. The van der Waals surface area contributed by atoms with E-state index in [1.54, 1.807) is 11.3 Å². The van der Waals surface area contributed by atoms with Crippen LogP contribution in [0.25, 0.3) is 0 Å². The van der Waals surface area contributed by atoms with Gasteiger partial charge in [-0.3, -0.25) is 0 Å². The number of aliphatic hydroxyl groups excluding tert-OH is 1. The van der Waals surface area contributed by atoms with Gasteiger partial charge in [-0.05, 0) is 59.1 Å². The minimum Gasteiger partial charge on any atom is -0.383 e. The fraction of sp³-hybridized carbons (Fsp3) is 0.231. The highest BCUT2D eigenvalue weighted by Crippen LogP contribution is 2.35. The molecule has 1 aromatic carbocycles. The Morgan fingerprint density at radius 1 is 1.29 bits per heavy atom. The molecule has 0 amide bonds. The number of hydrogen-bond donors (Lipinski definition) is 1. The van der Waals surface area contributed by atoms with Crippen molar-refractivity contribution in [3.8, 4) is 0 Å². The first-order valence-corrected chi connectivity index (χ1v) is 7.17. The molecule has 0 aliphatic heterocycles. The van der Waals surface area contributed by atoms with Gasteiger partial charge in [0, 0.05) is 19.2 Å². The van der Waals surface area contributed by atoms with Gasteiger partial charge in [-0.1, -0.05) is 17.7 Å². The van der Waals surface area contributed by atoms with E-state index in [1.165, 1.54) is 4.88 Å². The quantitative estimate of drug-likeness (QED) is 0.833. The first-order chi connectivity index (χ1) is 7.99. The molecule has 1 aromatic heterocycles. The van der Waals surface area contributed by atoms with Crippen LogP contribution in [-0.2, 0) is 0 Å². The average Bonchev–Trinajstić information content (AvgIpc) is 2.58. The van der Waals surface area contributed by atoms with E-state index < -0.39 is 6.10 Å². The zero-order chi connectivity index (χ0) is 12.6. The first-order valence-electron chi connectivity index (χ1n) is 5.19. The van der Waals surface area contributed by atoms with Gasteiger partial charge in [-0.2, -0.15) is 0 Å². The fourth-order valence-corrected chi connectivity index (χ4v) is 3.51. The predicted molar refractivity (Wildman–Crippen MR) is 77.0 cm³/mol. The molecule has 1 nitrogen and oxygen atoms in total. The van der Waals surface area contributed by atoms with E-state index in [2.05, 4.69) is 15.9 Å². The van der Waals surface area contributed by atoms with Crippen molar-refractivity contribution in [1.82, 2.24) is 0 Å². The molecule has 0 aliphatic rings. The number of halogens is 2. The van der Waals surface area contributed by atoms with Gasteiger partial charge in [0.15, 0.2) is 0 Å². The predicted octanol–water partition coefficient (Wildman–Crippen LogP) is 4.86. The molecule has 1 N–H and O–H groups in total. The van der Waals surface area contributed by atoms with Crippen molar-refractivity contribution >= 4 is 38.9 Å². The summed E-state index contributed by atoms with van der Waals surface area (Å²) >= 11 is 11.0. The van der Waals surface area contributed by atoms with Crippen LogP contribution in [0.5, 0.6) is 0 Å². The monoisotopic (exact) mass is 330 g/mol. The maximum absolute atomic E-state index is 10.3. The zero-order valence-corrected chi connectivity index (χ0v) is 12.7. The van der Waals surface area contributed by atoms with Gasteiger partial charge in [0.05, 0.1) is 0 Å². The lowest BCUT2D eigenvalue weighted by Gasteiger charge is -2.12. The fourth-order valence-electron chi connectivity index (χ4n) is 1.72. The molecule has 4 heteroatoms. The van der Waals surface area contributed by atoms with E-state index in [1.807, 2.05) is 38.1 Å². The van der Waals surface area contributed by atoms with E-state index in [0.717, 1.165) is 20.5 Å². The molecular weight excluding hydrogens is 320 g/mol. The summed E-state index contributed by atoms with van der Waals surface area (Å²) in [5, 5.41) is 11.0. The van der Waals surface area contributed by atoms with E-state index >= 15 is 0 Å². The van der Waals surface area contributed by atoms with Gasteiger partial charge < -0.3 is 5.11 Å². The molecular formula is C13H12BrClOS. The van der Waals surface area contributed by atoms with Crippen LogP contribution in [-0.4, -0.2) is 5.11 Å². The summed E-state index contributed by atoms with van der Waals surface area (Å²) < 4.78 is 1.04. The number of aryl methyl sites for hydroxylation is 2. The van der Waals surface area contributed by atoms with Crippen molar-refractivity contribution < 1.29 is 5.11 Å². The number of aliphatic hydroxyl groups is 1. The molecule has 0 saturated heterocycles. The van der Waals surface area contributed by atoms with Gasteiger partial charge in [0.25, 0.3) is 0 Å². The second kappa shape index (κ2) is 5.11.